The van der Waals surface area contributed by atoms with E-state index in [1.807, 2.05) is 0 Å². The van der Waals surface area contributed by atoms with E-state index in [-0.39, 0.29) is 5.56 Å². The number of fused-ring (bicyclic) bond motifs is 3. The third-order valence-electron chi connectivity index (χ3n) is 2.90. The molecule has 0 saturated heterocycles. The first-order valence-corrected chi connectivity index (χ1v) is 4.93. The summed E-state index contributed by atoms with van der Waals surface area (Å²) in [5, 5.41) is 6.23. The zero-order valence-corrected chi connectivity index (χ0v) is 7.76. The molecule has 0 radical (unpaired) electrons. The number of aromatic amines is 2. The van der Waals surface area contributed by atoms with Crippen molar-refractivity contribution in [3.8, 4) is 0 Å². The number of nitrogens with one attached hydrogen (secondary N) is 2. The molecule has 1 aliphatic rings. The van der Waals surface area contributed by atoms with Crippen molar-refractivity contribution < 1.29 is 0 Å². The van der Waals surface area contributed by atoms with Gasteiger partial charge < -0.3 is 0 Å². The van der Waals surface area contributed by atoms with Crippen molar-refractivity contribution in [2.75, 3.05) is 0 Å². The van der Waals surface area contributed by atoms with E-state index in [0.717, 1.165) is 24.1 Å². The molecule has 0 spiro atoms. The molecule has 2 aromatic rings. The lowest BCUT2D eigenvalue weighted by molar-refractivity contribution is 0.672. The van der Waals surface area contributed by atoms with Crippen LogP contribution < -0.4 is 5.56 Å². The summed E-state index contributed by atoms with van der Waals surface area (Å²) in [6, 6.07) is 0. The smallest absolute Gasteiger partial charge is 0.273 e. The number of aryl methyl sites for hydroxylation is 2. The molecule has 14 heavy (non-hydrogen) atoms. The summed E-state index contributed by atoms with van der Waals surface area (Å²) in [4.78, 5) is 15.7. The highest BCUT2D eigenvalue weighted by molar-refractivity contribution is 5.81. The Bertz CT molecular complexity index is 538. The van der Waals surface area contributed by atoms with E-state index < -0.39 is 0 Å². The minimum absolute atomic E-state index is 0.0686. The Labute approximate surface area is 80.3 Å². The number of H-pyrrole nitrogens is 2. The summed E-state index contributed by atoms with van der Waals surface area (Å²) in [6.45, 7) is 0. The van der Waals surface area contributed by atoms with Crippen LogP contribution in [0.3, 0.4) is 0 Å². The molecule has 1 aliphatic carbocycles. The SMILES string of the molecule is O=c1[nH][nH]c2c3c(ncc12)CCCC3. The first-order valence-electron chi connectivity index (χ1n) is 4.93. The van der Waals surface area contributed by atoms with Gasteiger partial charge in [0.15, 0.2) is 0 Å². The van der Waals surface area contributed by atoms with E-state index in [2.05, 4.69) is 15.2 Å². The van der Waals surface area contributed by atoms with Crippen LogP contribution in [0, 0.1) is 0 Å². The Hall–Kier alpha value is -1.58. The monoisotopic (exact) mass is 189 g/mol. The van der Waals surface area contributed by atoms with Gasteiger partial charge in [-0.15, -0.1) is 0 Å². The van der Waals surface area contributed by atoms with E-state index in [1.54, 1.807) is 6.20 Å². The number of pyridine rings is 1. The van der Waals surface area contributed by atoms with E-state index in [9.17, 15) is 4.79 Å². The molecule has 0 fully saturated rings. The van der Waals surface area contributed by atoms with E-state index in [4.69, 9.17) is 0 Å². The van der Waals surface area contributed by atoms with Crippen molar-refractivity contribution >= 4 is 10.9 Å². The van der Waals surface area contributed by atoms with Gasteiger partial charge in [0.1, 0.15) is 0 Å². The van der Waals surface area contributed by atoms with Gasteiger partial charge in [-0.25, -0.2) is 0 Å². The molecule has 0 atom stereocenters. The second kappa shape index (κ2) is 2.70. The van der Waals surface area contributed by atoms with Gasteiger partial charge in [-0.2, -0.15) is 0 Å². The molecule has 2 aromatic heterocycles. The predicted molar refractivity (Wildman–Crippen MR) is 53.4 cm³/mol. The van der Waals surface area contributed by atoms with E-state index in [0.29, 0.717) is 5.39 Å². The minimum Gasteiger partial charge on any atom is -0.297 e. The molecule has 0 saturated carbocycles. The Balaban J connectivity index is 2.40. The molecule has 0 aromatic carbocycles. The maximum atomic E-state index is 11.3. The summed E-state index contributed by atoms with van der Waals surface area (Å²) in [6.07, 6.45) is 6.15. The molecular weight excluding hydrogens is 178 g/mol. The zero-order chi connectivity index (χ0) is 9.54. The fourth-order valence-electron chi connectivity index (χ4n) is 2.17. The summed E-state index contributed by atoms with van der Waals surface area (Å²) in [5.74, 6) is 0. The number of nitrogens with zero attached hydrogens (tertiary/aromatic N) is 1. The third-order valence-corrected chi connectivity index (χ3v) is 2.90. The van der Waals surface area contributed by atoms with Crippen LogP contribution in [0.1, 0.15) is 24.1 Å². The first-order chi connectivity index (χ1) is 6.86. The fraction of sp³-hybridized carbons (Fsp3) is 0.400. The van der Waals surface area contributed by atoms with E-state index in [1.165, 1.54) is 18.4 Å². The minimum atomic E-state index is -0.0686. The van der Waals surface area contributed by atoms with Gasteiger partial charge in [-0.05, 0) is 31.2 Å². The van der Waals surface area contributed by atoms with Crippen molar-refractivity contribution in [1.82, 2.24) is 15.2 Å². The highest BCUT2D eigenvalue weighted by Gasteiger charge is 2.15. The number of hydrogen-bond donors (Lipinski definition) is 2. The van der Waals surface area contributed by atoms with Crippen LogP contribution in [-0.2, 0) is 12.8 Å². The van der Waals surface area contributed by atoms with Crippen LogP contribution in [-0.4, -0.2) is 15.2 Å². The predicted octanol–water partition coefficient (Wildman–Crippen LogP) is 1.13. The molecule has 4 heteroatoms. The Morgan fingerprint density at radius 1 is 1.21 bits per heavy atom. The lowest BCUT2D eigenvalue weighted by Gasteiger charge is -2.14. The summed E-state index contributed by atoms with van der Waals surface area (Å²) >= 11 is 0. The lowest BCUT2D eigenvalue weighted by Crippen LogP contribution is -2.06. The summed E-state index contributed by atoms with van der Waals surface area (Å²) < 4.78 is 0. The average molecular weight is 189 g/mol. The lowest BCUT2D eigenvalue weighted by atomic mass is 9.95. The molecule has 3 rings (SSSR count). The number of rotatable bonds is 0. The van der Waals surface area contributed by atoms with Crippen LogP contribution in [0.4, 0.5) is 0 Å². The van der Waals surface area contributed by atoms with Crippen LogP contribution in [0.15, 0.2) is 11.0 Å². The van der Waals surface area contributed by atoms with Gasteiger partial charge in [-0.1, -0.05) is 0 Å². The molecule has 2 N–H and O–H groups in total. The fourth-order valence-corrected chi connectivity index (χ4v) is 2.17. The normalized spacial score (nSPS) is 15.7. The molecule has 0 bridgehead atoms. The van der Waals surface area contributed by atoms with Gasteiger partial charge >= 0.3 is 0 Å². The van der Waals surface area contributed by atoms with Crippen molar-refractivity contribution in [2.45, 2.75) is 25.7 Å². The molecule has 2 heterocycles. The van der Waals surface area contributed by atoms with Crippen molar-refractivity contribution in [3.05, 3.63) is 27.8 Å². The largest absolute Gasteiger partial charge is 0.297 e. The quantitative estimate of drug-likeness (QED) is 0.652. The molecule has 72 valence electrons. The van der Waals surface area contributed by atoms with Crippen molar-refractivity contribution in [2.24, 2.45) is 0 Å². The maximum absolute atomic E-state index is 11.3. The standard InChI is InChI=1S/C10H11N3O/c14-10-7-5-11-8-4-2-1-3-6(8)9(7)12-13-10/h5H,1-4H2,(H2,12,13,14). The summed E-state index contributed by atoms with van der Waals surface area (Å²) in [7, 11) is 0. The van der Waals surface area contributed by atoms with Gasteiger partial charge in [0, 0.05) is 11.9 Å². The van der Waals surface area contributed by atoms with Crippen molar-refractivity contribution in [3.63, 3.8) is 0 Å². The van der Waals surface area contributed by atoms with Gasteiger partial charge in [-0.3, -0.25) is 20.0 Å². The average Bonchev–Trinajstić information content (AvgIpc) is 2.61. The topological polar surface area (TPSA) is 61.5 Å². The van der Waals surface area contributed by atoms with E-state index >= 15 is 0 Å². The Morgan fingerprint density at radius 3 is 3.00 bits per heavy atom. The zero-order valence-electron chi connectivity index (χ0n) is 7.76. The summed E-state index contributed by atoms with van der Waals surface area (Å²) in [5.41, 5.74) is 3.27. The second-order valence-electron chi connectivity index (χ2n) is 3.76. The van der Waals surface area contributed by atoms with Gasteiger partial charge in [0.2, 0.25) is 0 Å². The highest BCUT2D eigenvalue weighted by atomic mass is 16.1. The van der Waals surface area contributed by atoms with Crippen LogP contribution >= 0.6 is 0 Å². The van der Waals surface area contributed by atoms with Gasteiger partial charge in [0.05, 0.1) is 10.9 Å². The molecule has 0 aliphatic heterocycles. The Kier molecular flexibility index (Phi) is 1.50. The van der Waals surface area contributed by atoms with Crippen molar-refractivity contribution in [1.29, 1.82) is 0 Å². The number of aromatic nitrogens is 3. The van der Waals surface area contributed by atoms with Crippen LogP contribution in [0.5, 0.6) is 0 Å². The van der Waals surface area contributed by atoms with Crippen LogP contribution in [0.2, 0.25) is 0 Å². The molecule has 0 amide bonds. The third kappa shape index (κ3) is 0.937. The highest BCUT2D eigenvalue weighted by Crippen LogP contribution is 2.23. The second-order valence-corrected chi connectivity index (χ2v) is 3.76. The van der Waals surface area contributed by atoms with Gasteiger partial charge in [0.25, 0.3) is 5.56 Å². The Morgan fingerprint density at radius 2 is 2.07 bits per heavy atom. The van der Waals surface area contributed by atoms with Crippen LogP contribution in [0.25, 0.3) is 10.9 Å². The maximum Gasteiger partial charge on any atom is 0.273 e. The molecule has 4 nitrogen and oxygen atoms in total. The first kappa shape index (κ1) is 7.79. The molecule has 0 unspecified atom stereocenters. The number of hydrogen-bond acceptors (Lipinski definition) is 2. The molecular formula is C10H11N3O.